The highest BCUT2D eigenvalue weighted by atomic mass is 35.5. The van der Waals surface area contributed by atoms with Gasteiger partial charge in [0.25, 0.3) is 0 Å². The van der Waals surface area contributed by atoms with Crippen LogP contribution in [-0.4, -0.2) is 93.1 Å². The summed E-state index contributed by atoms with van der Waals surface area (Å²) in [5.74, 6) is 0.281. The Balaban J connectivity index is 1.32. The molecule has 2 aromatic heterocycles. The van der Waals surface area contributed by atoms with Crippen LogP contribution < -0.4 is 10.6 Å². The number of alkyl carbamates (subject to hydrolysis) is 2. The van der Waals surface area contributed by atoms with Crippen LogP contribution in [0.25, 0.3) is 44.4 Å². The maximum Gasteiger partial charge on any atom is 0.407 e. The van der Waals surface area contributed by atoms with Crippen LogP contribution >= 0.6 is 23.2 Å². The summed E-state index contributed by atoms with van der Waals surface area (Å²) in [6, 6.07) is 18.3. The van der Waals surface area contributed by atoms with Crippen LogP contribution in [0.1, 0.15) is 79.0 Å². The molecule has 0 aliphatic heterocycles. The SMILES string of the molecule is CCCN(Cc1nc(Cl)c(-c2ccc(-c3ccc4cc(-c5[nH]c([C@H](C)N(CCC)C(=O)[C@@H](NC(=O)OC)C(C)C)nc5Cl)ccc4c3)cc2)[nH]1)C(=O)[C@@H](NC(=O)OC)C(C)C. The van der Waals surface area contributed by atoms with Crippen molar-refractivity contribution < 1.29 is 28.7 Å². The number of hydrogen-bond donors (Lipinski definition) is 4. The molecule has 0 bridgehead atoms. The lowest BCUT2D eigenvalue weighted by Gasteiger charge is -2.33. The molecule has 0 saturated heterocycles. The van der Waals surface area contributed by atoms with Crippen molar-refractivity contribution in [3.8, 4) is 33.6 Å². The van der Waals surface area contributed by atoms with Crippen LogP contribution in [0, 0.1) is 11.8 Å². The van der Waals surface area contributed by atoms with Crippen molar-refractivity contribution in [1.82, 2.24) is 40.4 Å². The maximum atomic E-state index is 13.8. The number of nitrogens with zero attached hydrogens (tertiary/aromatic N) is 4. The fourth-order valence-electron chi connectivity index (χ4n) is 7.21. The zero-order valence-corrected chi connectivity index (χ0v) is 37.7. The fraction of sp³-hybridized carbons (Fsp3) is 0.422. The standard InChI is InChI=1S/C45H56Cl2N8O6/c1-10-20-54(42(56)35(25(3)4)51-44(58)60-8)24-34-48-37(39(46)49-34)29-14-12-28(13-15-29)30-16-17-32-23-33(19-18-31(32)22-30)38-40(47)53-41(50-38)27(7)55(21-11-2)43(57)36(26(5)6)52-45(59)61-9/h12-19,22-23,25-27,35-36H,10-11,20-21,24H2,1-9H3,(H,48,49)(H,50,53)(H,51,58)(H,52,59)/t27-,35-,36-/m0/s1. The van der Waals surface area contributed by atoms with Gasteiger partial charge in [-0.05, 0) is 65.6 Å². The van der Waals surface area contributed by atoms with Gasteiger partial charge in [-0.2, -0.15) is 0 Å². The summed E-state index contributed by atoms with van der Waals surface area (Å²) in [6.45, 7) is 14.5. The van der Waals surface area contributed by atoms with Crippen LogP contribution in [0.3, 0.4) is 0 Å². The average Bonchev–Trinajstić information content (AvgIpc) is 3.83. The molecule has 0 unspecified atom stereocenters. The van der Waals surface area contributed by atoms with Gasteiger partial charge >= 0.3 is 12.2 Å². The third-order valence-corrected chi connectivity index (χ3v) is 11.1. The molecule has 0 radical (unpaired) electrons. The number of ether oxygens (including phenoxy) is 2. The summed E-state index contributed by atoms with van der Waals surface area (Å²) < 4.78 is 9.52. The molecular weight excluding hydrogens is 819 g/mol. The number of amides is 4. The van der Waals surface area contributed by atoms with E-state index in [0.29, 0.717) is 59.3 Å². The van der Waals surface area contributed by atoms with E-state index in [1.165, 1.54) is 14.2 Å². The summed E-state index contributed by atoms with van der Waals surface area (Å²) in [5, 5.41) is 7.95. The highest BCUT2D eigenvalue weighted by Crippen LogP contribution is 2.34. The number of nitrogens with one attached hydrogen (secondary N) is 4. The monoisotopic (exact) mass is 874 g/mol. The van der Waals surface area contributed by atoms with Gasteiger partial charge in [0.2, 0.25) is 11.8 Å². The first-order valence-corrected chi connectivity index (χ1v) is 21.3. The number of H-pyrrole nitrogens is 2. The Bertz CT molecular complexity index is 2330. The predicted octanol–water partition coefficient (Wildman–Crippen LogP) is 9.39. The van der Waals surface area contributed by atoms with Crippen LogP contribution in [0.4, 0.5) is 9.59 Å². The molecule has 2 heterocycles. The van der Waals surface area contributed by atoms with E-state index in [-0.39, 0.29) is 30.2 Å². The fourth-order valence-corrected chi connectivity index (χ4v) is 7.71. The number of carbonyl (C=O) groups excluding carboxylic acids is 4. The van der Waals surface area contributed by atoms with Gasteiger partial charge in [-0.3, -0.25) is 9.59 Å². The molecule has 4 N–H and O–H groups in total. The minimum atomic E-state index is -0.770. The zero-order chi connectivity index (χ0) is 44.5. The van der Waals surface area contributed by atoms with Crippen molar-refractivity contribution >= 4 is 58.0 Å². The lowest BCUT2D eigenvalue weighted by atomic mass is 9.98. The first kappa shape index (κ1) is 46.5. The van der Waals surface area contributed by atoms with E-state index in [1.54, 1.807) is 9.80 Å². The van der Waals surface area contributed by atoms with Gasteiger partial charge in [0.1, 0.15) is 23.7 Å². The van der Waals surface area contributed by atoms with Crippen LogP contribution in [0.15, 0.2) is 60.7 Å². The highest BCUT2D eigenvalue weighted by Gasteiger charge is 2.33. The van der Waals surface area contributed by atoms with E-state index >= 15 is 0 Å². The molecule has 326 valence electrons. The van der Waals surface area contributed by atoms with Crippen molar-refractivity contribution in [2.45, 2.75) is 86.0 Å². The molecule has 14 nitrogen and oxygen atoms in total. The van der Waals surface area contributed by atoms with Crippen LogP contribution in [-0.2, 0) is 25.6 Å². The van der Waals surface area contributed by atoms with Crippen molar-refractivity contribution in [3.05, 3.63) is 82.6 Å². The summed E-state index contributed by atoms with van der Waals surface area (Å²) in [7, 11) is 2.54. The molecule has 5 rings (SSSR count). The highest BCUT2D eigenvalue weighted by molar-refractivity contribution is 6.32. The lowest BCUT2D eigenvalue weighted by molar-refractivity contribution is -0.137. The number of halogens is 2. The van der Waals surface area contributed by atoms with Crippen molar-refractivity contribution in [1.29, 1.82) is 0 Å². The number of hydrogen-bond acceptors (Lipinski definition) is 8. The molecule has 5 aromatic rings. The van der Waals surface area contributed by atoms with Gasteiger partial charge in [-0.15, -0.1) is 0 Å². The summed E-state index contributed by atoms with van der Waals surface area (Å²) in [5.41, 5.74) is 4.99. The number of carbonyl (C=O) groups is 4. The second-order valence-corrected chi connectivity index (χ2v) is 16.4. The molecule has 3 atom stereocenters. The van der Waals surface area contributed by atoms with Gasteiger partial charge in [-0.1, -0.05) is 113 Å². The smallest absolute Gasteiger partial charge is 0.407 e. The van der Waals surface area contributed by atoms with E-state index in [0.717, 1.165) is 33.0 Å². The van der Waals surface area contributed by atoms with Gasteiger partial charge in [0, 0.05) is 24.2 Å². The molecular formula is C45H56Cl2N8O6. The Hall–Kier alpha value is -5.60. The second-order valence-electron chi connectivity index (χ2n) is 15.7. The molecule has 3 aromatic carbocycles. The minimum absolute atomic E-state index is 0.156. The second kappa shape index (κ2) is 20.8. The van der Waals surface area contributed by atoms with Crippen LogP contribution in [0.5, 0.6) is 0 Å². The molecule has 4 amide bonds. The van der Waals surface area contributed by atoms with Gasteiger partial charge in [-0.25, -0.2) is 19.6 Å². The molecule has 0 aliphatic carbocycles. The molecule has 0 fully saturated rings. The molecule has 16 heteroatoms. The predicted molar refractivity (Wildman–Crippen MR) is 239 cm³/mol. The molecule has 0 spiro atoms. The Morgan fingerprint density at radius 2 is 1.15 bits per heavy atom. The topological polar surface area (TPSA) is 175 Å². The average molecular weight is 876 g/mol. The Labute approximate surface area is 367 Å². The zero-order valence-electron chi connectivity index (χ0n) is 36.2. The maximum absolute atomic E-state index is 13.8. The third kappa shape index (κ3) is 11.0. The third-order valence-electron chi connectivity index (χ3n) is 10.6. The largest absolute Gasteiger partial charge is 0.453 e. The summed E-state index contributed by atoms with van der Waals surface area (Å²) >= 11 is 13.4. The van der Waals surface area contributed by atoms with E-state index in [9.17, 15) is 19.2 Å². The quantitative estimate of drug-likeness (QED) is 0.0715. The van der Waals surface area contributed by atoms with Gasteiger partial charge in [0.15, 0.2) is 10.3 Å². The Kier molecular flexibility index (Phi) is 15.8. The minimum Gasteiger partial charge on any atom is -0.453 e. The summed E-state index contributed by atoms with van der Waals surface area (Å²) in [6.07, 6.45) is 0.0979. The molecule has 0 aliphatic rings. The first-order valence-electron chi connectivity index (χ1n) is 20.5. The summed E-state index contributed by atoms with van der Waals surface area (Å²) in [4.78, 5) is 70.5. The number of aromatic nitrogens is 4. The van der Waals surface area contributed by atoms with Crippen molar-refractivity contribution in [2.24, 2.45) is 11.8 Å². The molecule has 61 heavy (non-hydrogen) atoms. The number of benzene rings is 3. The van der Waals surface area contributed by atoms with E-state index in [1.807, 2.05) is 90.9 Å². The number of rotatable bonds is 17. The number of aromatic amines is 2. The van der Waals surface area contributed by atoms with E-state index in [2.05, 4.69) is 48.8 Å². The number of fused-ring (bicyclic) bond motifs is 1. The lowest BCUT2D eigenvalue weighted by Crippen LogP contribution is -2.52. The van der Waals surface area contributed by atoms with E-state index in [4.69, 9.17) is 32.7 Å². The number of methoxy groups -OCH3 is 2. The molecule has 0 saturated carbocycles. The first-order chi connectivity index (χ1) is 29.1. The van der Waals surface area contributed by atoms with Gasteiger partial charge < -0.3 is 39.9 Å². The number of imidazole rings is 2. The van der Waals surface area contributed by atoms with Crippen molar-refractivity contribution in [2.75, 3.05) is 27.3 Å². The Morgan fingerprint density at radius 1 is 0.656 bits per heavy atom. The van der Waals surface area contributed by atoms with Gasteiger partial charge in [0.05, 0.1) is 38.2 Å². The van der Waals surface area contributed by atoms with Crippen LogP contribution in [0.2, 0.25) is 10.3 Å². The Morgan fingerprint density at radius 3 is 1.70 bits per heavy atom. The van der Waals surface area contributed by atoms with Crippen molar-refractivity contribution in [3.63, 3.8) is 0 Å². The van der Waals surface area contributed by atoms with E-state index < -0.39 is 30.3 Å². The normalized spacial score (nSPS) is 12.9.